The van der Waals surface area contributed by atoms with Gasteiger partial charge in [0.2, 0.25) is 0 Å². The lowest BCUT2D eigenvalue weighted by atomic mass is 10.1. The number of aromatic nitrogens is 3. The zero-order valence-electron chi connectivity index (χ0n) is 17.6. The molecule has 0 spiro atoms. The second-order valence-electron chi connectivity index (χ2n) is 7.94. The third kappa shape index (κ3) is 3.44. The number of benzene rings is 1. The number of piperazine rings is 1. The number of aromatic amines is 1. The van der Waals surface area contributed by atoms with Crippen molar-refractivity contribution in [3.63, 3.8) is 0 Å². The molecule has 1 aliphatic rings. The molecule has 2 N–H and O–H groups in total. The fourth-order valence-electron chi connectivity index (χ4n) is 4.25. The predicted molar refractivity (Wildman–Crippen MR) is 122 cm³/mol. The predicted octanol–water partition coefficient (Wildman–Crippen LogP) is 3.91. The van der Waals surface area contributed by atoms with Gasteiger partial charge in [-0.2, -0.15) is 5.26 Å². The molecule has 4 aromatic rings. The number of pyridine rings is 1. The van der Waals surface area contributed by atoms with E-state index in [9.17, 15) is 10.1 Å². The van der Waals surface area contributed by atoms with Crippen LogP contribution in [0.4, 0.5) is 10.6 Å². The number of hydrogen-bond donors (Lipinski definition) is 2. The molecule has 0 unspecified atom stereocenters. The summed E-state index contributed by atoms with van der Waals surface area (Å²) in [5.41, 5.74) is 5.38. The van der Waals surface area contributed by atoms with Crippen molar-refractivity contribution in [1.29, 1.82) is 5.26 Å². The molecule has 32 heavy (non-hydrogen) atoms. The first-order chi connectivity index (χ1) is 15.5. The summed E-state index contributed by atoms with van der Waals surface area (Å²) in [6.07, 6.45) is 2.91. The van der Waals surface area contributed by atoms with Gasteiger partial charge in [0.05, 0.1) is 11.3 Å². The third-order valence-corrected chi connectivity index (χ3v) is 6.04. The van der Waals surface area contributed by atoms with E-state index in [1.165, 1.54) is 10.4 Å². The number of carbonyl (C=O) groups is 1. The van der Waals surface area contributed by atoms with Crippen LogP contribution in [0.1, 0.15) is 5.56 Å². The minimum absolute atomic E-state index is 0.413. The van der Waals surface area contributed by atoms with Gasteiger partial charge in [0.25, 0.3) is 0 Å². The minimum atomic E-state index is -0.907. The van der Waals surface area contributed by atoms with E-state index in [4.69, 9.17) is 5.11 Å². The molecule has 3 aromatic heterocycles. The highest BCUT2D eigenvalue weighted by Gasteiger charge is 2.24. The number of amides is 1. The number of carboxylic acid groups (broad SMARTS) is 1. The molecule has 1 aliphatic heterocycles. The van der Waals surface area contributed by atoms with Crippen LogP contribution in [0, 0.1) is 11.3 Å². The zero-order valence-corrected chi connectivity index (χ0v) is 17.6. The van der Waals surface area contributed by atoms with Crippen molar-refractivity contribution < 1.29 is 9.90 Å². The van der Waals surface area contributed by atoms with Crippen LogP contribution in [-0.4, -0.2) is 56.8 Å². The highest BCUT2D eigenvalue weighted by atomic mass is 16.4. The second kappa shape index (κ2) is 7.78. The average molecular weight is 426 g/mol. The molecule has 0 aliphatic carbocycles. The second-order valence-corrected chi connectivity index (χ2v) is 7.94. The van der Waals surface area contributed by atoms with Crippen molar-refractivity contribution >= 4 is 22.8 Å². The number of anilines is 1. The number of rotatable bonds is 3. The summed E-state index contributed by atoms with van der Waals surface area (Å²) < 4.78 is 2.09. The number of hydrogen-bond acceptors (Lipinski definition) is 4. The van der Waals surface area contributed by atoms with E-state index in [2.05, 4.69) is 44.9 Å². The molecular weight excluding hydrogens is 404 g/mol. The van der Waals surface area contributed by atoms with Gasteiger partial charge in [-0.3, -0.25) is 4.98 Å². The molecular formula is C24H22N6O2. The van der Waals surface area contributed by atoms with Gasteiger partial charge in [0.1, 0.15) is 11.9 Å². The summed E-state index contributed by atoms with van der Waals surface area (Å²) in [5.74, 6) is 0.733. The van der Waals surface area contributed by atoms with Gasteiger partial charge < -0.3 is 24.5 Å². The Morgan fingerprint density at radius 3 is 2.66 bits per heavy atom. The lowest BCUT2D eigenvalue weighted by Gasteiger charge is -2.33. The lowest BCUT2D eigenvalue weighted by Crippen LogP contribution is -2.48. The Balaban J connectivity index is 1.45. The van der Waals surface area contributed by atoms with E-state index < -0.39 is 6.09 Å². The van der Waals surface area contributed by atoms with Crippen LogP contribution in [0.15, 0.2) is 54.9 Å². The molecule has 1 aromatic carbocycles. The van der Waals surface area contributed by atoms with Crippen LogP contribution in [0.2, 0.25) is 0 Å². The summed E-state index contributed by atoms with van der Waals surface area (Å²) in [4.78, 5) is 22.5. The third-order valence-electron chi connectivity index (χ3n) is 6.04. The molecule has 1 fully saturated rings. The van der Waals surface area contributed by atoms with Gasteiger partial charge in [0, 0.05) is 73.3 Å². The molecule has 4 heterocycles. The van der Waals surface area contributed by atoms with Crippen LogP contribution in [0.5, 0.6) is 0 Å². The Morgan fingerprint density at radius 1 is 1.09 bits per heavy atom. The first-order valence-electron chi connectivity index (χ1n) is 10.4. The van der Waals surface area contributed by atoms with E-state index in [1.807, 2.05) is 36.3 Å². The highest BCUT2D eigenvalue weighted by molar-refractivity contribution is 5.85. The fraction of sp³-hybridized carbons (Fsp3) is 0.208. The van der Waals surface area contributed by atoms with Crippen molar-refractivity contribution in [2.45, 2.75) is 0 Å². The van der Waals surface area contributed by atoms with E-state index in [0.717, 1.165) is 33.7 Å². The van der Waals surface area contributed by atoms with Gasteiger partial charge in [-0.05, 0) is 36.4 Å². The first-order valence-corrected chi connectivity index (χ1v) is 10.4. The van der Waals surface area contributed by atoms with Gasteiger partial charge in [-0.15, -0.1) is 0 Å². The van der Waals surface area contributed by atoms with E-state index >= 15 is 0 Å². The molecule has 0 bridgehead atoms. The molecule has 1 saturated heterocycles. The van der Waals surface area contributed by atoms with Crippen molar-refractivity contribution in [3.8, 4) is 28.6 Å². The topological polar surface area (TPSA) is 101 Å². The van der Waals surface area contributed by atoms with Crippen molar-refractivity contribution in [1.82, 2.24) is 19.4 Å². The monoisotopic (exact) mass is 426 g/mol. The van der Waals surface area contributed by atoms with Crippen molar-refractivity contribution in [2.75, 3.05) is 31.1 Å². The molecule has 8 nitrogen and oxygen atoms in total. The number of fused-ring (bicyclic) bond motifs is 1. The van der Waals surface area contributed by atoms with Gasteiger partial charge >= 0.3 is 6.09 Å². The fourth-order valence-corrected chi connectivity index (χ4v) is 4.25. The van der Waals surface area contributed by atoms with Crippen LogP contribution >= 0.6 is 0 Å². The normalized spacial score (nSPS) is 14.0. The molecule has 0 radical (unpaired) electrons. The quantitative estimate of drug-likeness (QED) is 0.517. The molecule has 0 saturated carbocycles. The number of H-pyrrole nitrogens is 1. The molecule has 8 heteroatoms. The Morgan fingerprint density at radius 2 is 1.91 bits per heavy atom. The average Bonchev–Trinajstić information content (AvgIpc) is 3.43. The maximum atomic E-state index is 11.2. The largest absolute Gasteiger partial charge is 0.465 e. The number of nitriles is 1. The van der Waals surface area contributed by atoms with Crippen LogP contribution in [0.25, 0.3) is 33.4 Å². The Kier molecular flexibility index (Phi) is 4.79. The Hall–Kier alpha value is -4.25. The molecule has 160 valence electrons. The molecule has 1 amide bonds. The van der Waals surface area contributed by atoms with Crippen LogP contribution in [0.3, 0.4) is 0 Å². The first kappa shape index (κ1) is 19.7. The summed E-state index contributed by atoms with van der Waals surface area (Å²) in [6, 6.07) is 16.4. The van der Waals surface area contributed by atoms with Gasteiger partial charge in [0.15, 0.2) is 0 Å². The summed E-state index contributed by atoms with van der Waals surface area (Å²) in [6.45, 7) is 1.91. The highest BCUT2D eigenvalue weighted by Crippen LogP contribution is 2.31. The van der Waals surface area contributed by atoms with E-state index in [1.54, 1.807) is 6.20 Å². The number of aryl methyl sites for hydroxylation is 1. The van der Waals surface area contributed by atoms with Crippen LogP contribution < -0.4 is 4.90 Å². The summed E-state index contributed by atoms with van der Waals surface area (Å²) in [5, 5.41) is 20.0. The minimum Gasteiger partial charge on any atom is -0.465 e. The van der Waals surface area contributed by atoms with E-state index in [-0.39, 0.29) is 0 Å². The Bertz CT molecular complexity index is 1350. The standard InChI is InChI=1S/C24H22N6O2/c1-28-7-5-18-12-16(2-3-22(18)28)20-13-17(4-6-26-20)21-14-19(15-25)23(27-21)29-8-10-30(11-9-29)24(31)32/h2-7,12-14,27H,8-11H2,1H3,(H,31,32). The maximum absolute atomic E-state index is 11.2. The number of nitrogens with one attached hydrogen (secondary N) is 1. The van der Waals surface area contributed by atoms with Gasteiger partial charge in [-0.1, -0.05) is 6.07 Å². The lowest BCUT2D eigenvalue weighted by molar-refractivity contribution is 0.142. The van der Waals surface area contributed by atoms with Crippen molar-refractivity contribution in [2.24, 2.45) is 7.05 Å². The van der Waals surface area contributed by atoms with E-state index in [0.29, 0.717) is 31.7 Å². The number of nitrogens with zero attached hydrogens (tertiary/aromatic N) is 5. The Labute approximate surface area is 184 Å². The molecule has 0 atom stereocenters. The summed E-state index contributed by atoms with van der Waals surface area (Å²) >= 11 is 0. The zero-order chi connectivity index (χ0) is 22.2. The van der Waals surface area contributed by atoms with Crippen LogP contribution in [-0.2, 0) is 7.05 Å². The SMILES string of the molecule is Cn1ccc2cc(-c3cc(-c4cc(C#N)c(N5CCN(C(=O)O)CC5)[nH]4)ccn3)ccc21. The smallest absolute Gasteiger partial charge is 0.407 e. The summed E-state index contributed by atoms with van der Waals surface area (Å²) in [7, 11) is 2.03. The van der Waals surface area contributed by atoms with Crippen molar-refractivity contribution in [3.05, 3.63) is 60.4 Å². The van der Waals surface area contributed by atoms with Gasteiger partial charge in [-0.25, -0.2) is 4.79 Å². The maximum Gasteiger partial charge on any atom is 0.407 e. The molecule has 5 rings (SSSR count).